The molecule has 4 rings (SSSR count). The summed E-state index contributed by atoms with van der Waals surface area (Å²) in [5.41, 5.74) is -6.02. The second kappa shape index (κ2) is 6.28. The molecular weight excluding hydrogens is 421 g/mol. The number of benzene rings is 1. The smallest absolute Gasteiger partial charge is 0.333 e. The van der Waals surface area contributed by atoms with Crippen LogP contribution in [0.1, 0.15) is 11.3 Å². The van der Waals surface area contributed by atoms with Crippen LogP contribution in [-0.2, 0) is 19.4 Å². The predicted octanol–water partition coefficient (Wildman–Crippen LogP) is 4.45. The molecule has 0 fully saturated rings. The molecule has 156 valence electrons. The second-order valence-corrected chi connectivity index (χ2v) is 6.41. The molecule has 0 atom stereocenters. The Kier molecular flexibility index (Phi) is 4.16. The number of pyridine rings is 2. The van der Waals surface area contributed by atoms with E-state index < -0.39 is 46.2 Å². The largest absolute Gasteiger partial charge is 0.435 e. The van der Waals surface area contributed by atoms with E-state index in [1.165, 1.54) is 11.6 Å². The first-order chi connectivity index (χ1) is 13.9. The lowest BCUT2D eigenvalue weighted by atomic mass is 10.1. The number of aromatic nitrogens is 4. The fourth-order valence-corrected chi connectivity index (χ4v) is 3.31. The van der Waals surface area contributed by atoms with E-state index in [0.717, 1.165) is 24.7 Å². The van der Waals surface area contributed by atoms with Gasteiger partial charge in [-0.2, -0.15) is 26.3 Å². The van der Waals surface area contributed by atoms with Gasteiger partial charge in [0.2, 0.25) is 0 Å². The summed E-state index contributed by atoms with van der Waals surface area (Å²) in [6.45, 7) is 0. The summed E-state index contributed by atoms with van der Waals surface area (Å²) in [6, 6.07) is 2.83. The first kappa shape index (κ1) is 19.9. The number of hydrogen-bond acceptors (Lipinski definition) is 3. The van der Waals surface area contributed by atoms with Crippen LogP contribution in [-0.4, -0.2) is 19.1 Å². The Morgan fingerprint density at radius 2 is 1.70 bits per heavy atom. The van der Waals surface area contributed by atoms with E-state index in [2.05, 4.69) is 9.97 Å². The average Bonchev–Trinajstić information content (AvgIpc) is 3.03. The Bertz CT molecular complexity index is 1370. The lowest BCUT2D eigenvalue weighted by Gasteiger charge is -2.18. The standard InChI is InChI=1S/C18H9F7N4O/c1-28-7-27-13-14(28)8-5-10(19)9(17(20,21)22)6-12(8)29(16(13)30)11-3-2-4-26-15(11)18(23,24)25/h2-7H,1H3. The van der Waals surface area contributed by atoms with Crippen LogP contribution in [0, 0.1) is 5.82 Å². The highest BCUT2D eigenvalue weighted by Crippen LogP contribution is 2.37. The van der Waals surface area contributed by atoms with Gasteiger partial charge >= 0.3 is 12.4 Å². The van der Waals surface area contributed by atoms with Crippen molar-refractivity contribution < 1.29 is 30.7 Å². The van der Waals surface area contributed by atoms with Gasteiger partial charge in [0, 0.05) is 18.6 Å². The molecule has 0 amide bonds. The maximum atomic E-state index is 14.3. The van der Waals surface area contributed by atoms with Gasteiger partial charge in [0.1, 0.15) is 5.82 Å². The van der Waals surface area contributed by atoms with Crippen LogP contribution in [0.25, 0.3) is 27.6 Å². The molecule has 5 nitrogen and oxygen atoms in total. The molecule has 0 N–H and O–H groups in total. The Morgan fingerprint density at radius 3 is 2.33 bits per heavy atom. The third kappa shape index (κ3) is 2.90. The van der Waals surface area contributed by atoms with Crippen molar-refractivity contribution in [3.63, 3.8) is 0 Å². The fraction of sp³-hybridized carbons (Fsp3) is 0.167. The third-order valence-electron chi connectivity index (χ3n) is 4.53. The molecule has 0 aliphatic rings. The van der Waals surface area contributed by atoms with Crippen molar-refractivity contribution in [1.29, 1.82) is 0 Å². The van der Waals surface area contributed by atoms with Crippen LogP contribution in [0.15, 0.2) is 41.6 Å². The number of rotatable bonds is 1. The zero-order valence-electron chi connectivity index (χ0n) is 14.8. The molecule has 30 heavy (non-hydrogen) atoms. The highest BCUT2D eigenvalue weighted by atomic mass is 19.4. The van der Waals surface area contributed by atoms with Crippen molar-refractivity contribution in [2.45, 2.75) is 12.4 Å². The first-order valence-corrected chi connectivity index (χ1v) is 8.20. The van der Waals surface area contributed by atoms with Gasteiger partial charge in [-0.3, -0.25) is 9.36 Å². The van der Waals surface area contributed by atoms with Crippen molar-refractivity contribution in [2.75, 3.05) is 0 Å². The fourth-order valence-electron chi connectivity index (χ4n) is 3.31. The molecule has 3 heterocycles. The average molecular weight is 430 g/mol. The van der Waals surface area contributed by atoms with Crippen LogP contribution in [0.4, 0.5) is 30.7 Å². The maximum absolute atomic E-state index is 14.3. The number of imidazole rings is 1. The van der Waals surface area contributed by atoms with E-state index in [1.54, 1.807) is 0 Å². The van der Waals surface area contributed by atoms with Crippen molar-refractivity contribution in [3.8, 4) is 5.69 Å². The molecule has 1 aromatic carbocycles. The second-order valence-electron chi connectivity index (χ2n) is 6.41. The van der Waals surface area contributed by atoms with Gasteiger partial charge in [-0.25, -0.2) is 14.4 Å². The number of halogens is 7. The summed E-state index contributed by atoms with van der Waals surface area (Å²) in [7, 11) is 1.42. The SMILES string of the molecule is Cn1cnc2c(=O)n(-c3cccnc3C(F)(F)F)c3cc(C(F)(F)F)c(F)cc3c21. The van der Waals surface area contributed by atoms with Crippen molar-refractivity contribution in [1.82, 2.24) is 19.1 Å². The van der Waals surface area contributed by atoms with Crippen molar-refractivity contribution in [3.05, 3.63) is 64.2 Å². The molecule has 0 aliphatic carbocycles. The Hall–Kier alpha value is -3.44. The summed E-state index contributed by atoms with van der Waals surface area (Å²) < 4.78 is 96.2. The number of aryl methyl sites for hydroxylation is 1. The van der Waals surface area contributed by atoms with Gasteiger partial charge in [0.25, 0.3) is 5.56 Å². The quantitative estimate of drug-likeness (QED) is 0.420. The Labute approximate surface area is 162 Å². The minimum Gasteiger partial charge on any atom is -0.333 e. The van der Waals surface area contributed by atoms with E-state index in [9.17, 15) is 35.5 Å². The molecule has 0 unspecified atom stereocenters. The highest BCUT2D eigenvalue weighted by Gasteiger charge is 2.38. The molecule has 3 aromatic heterocycles. The van der Waals surface area contributed by atoms with E-state index in [-0.39, 0.29) is 16.4 Å². The molecule has 0 spiro atoms. The van der Waals surface area contributed by atoms with Crippen LogP contribution >= 0.6 is 0 Å². The van der Waals surface area contributed by atoms with E-state index in [0.29, 0.717) is 16.7 Å². The molecule has 0 saturated carbocycles. The molecule has 0 bridgehead atoms. The van der Waals surface area contributed by atoms with Crippen LogP contribution in [0.3, 0.4) is 0 Å². The van der Waals surface area contributed by atoms with Gasteiger partial charge in [-0.15, -0.1) is 0 Å². The maximum Gasteiger partial charge on any atom is 0.435 e. The highest BCUT2D eigenvalue weighted by molar-refractivity contribution is 6.03. The van der Waals surface area contributed by atoms with E-state index in [1.807, 2.05) is 0 Å². The minimum absolute atomic E-state index is 0.0173. The predicted molar refractivity (Wildman–Crippen MR) is 91.6 cm³/mol. The van der Waals surface area contributed by atoms with Gasteiger partial charge in [0.05, 0.1) is 28.6 Å². The summed E-state index contributed by atoms with van der Waals surface area (Å²) in [4.78, 5) is 20.1. The van der Waals surface area contributed by atoms with Crippen molar-refractivity contribution >= 4 is 21.9 Å². The molecular formula is C18H9F7N4O. The summed E-state index contributed by atoms with van der Waals surface area (Å²) in [6.07, 6.45) is -8.16. The number of nitrogens with zero attached hydrogens (tertiary/aromatic N) is 4. The lowest BCUT2D eigenvalue weighted by molar-refractivity contribution is -0.141. The number of hydrogen-bond donors (Lipinski definition) is 0. The molecule has 4 aromatic rings. The summed E-state index contributed by atoms with van der Waals surface area (Å²) in [5.74, 6) is -1.63. The Morgan fingerprint density at radius 1 is 1.00 bits per heavy atom. The van der Waals surface area contributed by atoms with Crippen LogP contribution in [0.2, 0.25) is 0 Å². The zero-order chi connectivity index (χ0) is 22.0. The van der Waals surface area contributed by atoms with Gasteiger partial charge < -0.3 is 4.57 Å². The van der Waals surface area contributed by atoms with E-state index >= 15 is 0 Å². The van der Waals surface area contributed by atoms with Crippen LogP contribution < -0.4 is 5.56 Å². The number of alkyl halides is 6. The third-order valence-corrected chi connectivity index (χ3v) is 4.53. The van der Waals surface area contributed by atoms with Gasteiger partial charge in [0.15, 0.2) is 11.2 Å². The van der Waals surface area contributed by atoms with Gasteiger partial charge in [-0.05, 0) is 24.3 Å². The molecule has 0 aliphatic heterocycles. The van der Waals surface area contributed by atoms with E-state index in [4.69, 9.17) is 0 Å². The zero-order valence-corrected chi connectivity index (χ0v) is 14.8. The van der Waals surface area contributed by atoms with Crippen LogP contribution in [0.5, 0.6) is 0 Å². The Balaban J connectivity index is 2.28. The monoisotopic (exact) mass is 430 g/mol. The summed E-state index contributed by atoms with van der Waals surface area (Å²) in [5, 5.41) is -0.216. The minimum atomic E-state index is -5.14. The number of fused-ring (bicyclic) bond motifs is 3. The van der Waals surface area contributed by atoms with Crippen molar-refractivity contribution in [2.24, 2.45) is 7.05 Å². The molecule has 12 heteroatoms. The molecule has 0 saturated heterocycles. The van der Waals surface area contributed by atoms with Gasteiger partial charge in [-0.1, -0.05) is 0 Å². The first-order valence-electron chi connectivity index (χ1n) is 8.20. The normalized spacial score (nSPS) is 12.8. The topological polar surface area (TPSA) is 52.7 Å². The summed E-state index contributed by atoms with van der Waals surface area (Å²) >= 11 is 0. The molecule has 0 radical (unpaired) electrons. The lowest BCUT2D eigenvalue weighted by Crippen LogP contribution is -2.24.